The summed E-state index contributed by atoms with van der Waals surface area (Å²) in [5, 5.41) is 11.9. The van der Waals surface area contributed by atoms with Crippen LogP contribution in [0.15, 0.2) is 0 Å². The summed E-state index contributed by atoms with van der Waals surface area (Å²) in [6.45, 7) is 2.78. The SMILES string of the molecule is CCCCCCNC(C=O)C(O)C=O. The van der Waals surface area contributed by atoms with Gasteiger partial charge in [-0.3, -0.25) is 0 Å². The van der Waals surface area contributed by atoms with Crippen LogP contribution < -0.4 is 5.32 Å². The van der Waals surface area contributed by atoms with E-state index >= 15 is 0 Å². The highest BCUT2D eigenvalue weighted by Gasteiger charge is 2.15. The molecule has 0 heterocycles. The molecule has 0 bridgehead atoms. The van der Waals surface area contributed by atoms with Gasteiger partial charge in [0.2, 0.25) is 0 Å². The summed E-state index contributed by atoms with van der Waals surface area (Å²) in [4.78, 5) is 20.6. The molecule has 0 saturated carbocycles. The number of carbonyl (C=O) groups is 2. The number of aldehydes is 2. The molecule has 0 aromatic carbocycles. The van der Waals surface area contributed by atoms with E-state index in [0.717, 1.165) is 19.3 Å². The molecule has 0 aliphatic carbocycles. The molecule has 2 N–H and O–H groups in total. The van der Waals surface area contributed by atoms with Crippen LogP contribution in [0.1, 0.15) is 32.6 Å². The van der Waals surface area contributed by atoms with E-state index in [1.807, 2.05) is 0 Å². The Morgan fingerprint density at radius 3 is 2.43 bits per heavy atom. The van der Waals surface area contributed by atoms with Gasteiger partial charge in [-0.2, -0.15) is 0 Å². The average Bonchev–Trinajstić information content (AvgIpc) is 2.22. The highest BCUT2D eigenvalue weighted by Crippen LogP contribution is 1.97. The molecule has 2 unspecified atom stereocenters. The van der Waals surface area contributed by atoms with Gasteiger partial charge in [-0.15, -0.1) is 0 Å². The maximum absolute atomic E-state index is 10.4. The molecule has 0 aromatic rings. The van der Waals surface area contributed by atoms with Crippen LogP contribution in [0, 0.1) is 0 Å². The predicted octanol–water partition coefficient (Wildman–Crippen LogP) is 0.284. The molecule has 0 radical (unpaired) electrons. The van der Waals surface area contributed by atoms with Crippen LogP contribution in [-0.4, -0.2) is 36.4 Å². The molecule has 4 nitrogen and oxygen atoms in total. The van der Waals surface area contributed by atoms with Crippen molar-refractivity contribution < 1.29 is 14.7 Å². The highest BCUT2D eigenvalue weighted by molar-refractivity contribution is 5.69. The zero-order chi connectivity index (χ0) is 10.8. The molecule has 0 aliphatic rings. The normalized spacial score (nSPS) is 14.7. The van der Waals surface area contributed by atoms with Crippen LogP contribution in [0.4, 0.5) is 0 Å². The number of hydrogen-bond donors (Lipinski definition) is 2. The van der Waals surface area contributed by atoms with Crippen molar-refractivity contribution in [1.29, 1.82) is 0 Å². The minimum absolute atomic E-state index is 0.373. The van der Waals surface area contributed by atoms with E-state index in [1.54, 1.807) is 0 Å². The fraction of sp³-hybridized carbons (Fsp3) is 0.800. The Labute approximate surface area is 84.7 Å². The molecular formula is C10H19NO3. The van der Waals surface area contributed by atoms with Crippen LogP contribution in [-0.2, 0) is 9.59 Å². The second kappa shape index (κ2) is 8.84. The molecule has 0 spiro atoms. The number of nitrogens with one attached hydrogen (secondary N) is 1. The standard InChI is InChI=1S/C10H19NO3/c1-2-3-4-5-6-11-9(7-12)10(14)8-13/h7-11,14H,2-6H2,1H3. The van der Waals surface area contributed by atoms with Crippen LogP contribution >= 0.6 is 0 Å². The van der Waals surface area contributed by atoms with Gasteiger partial charge in [0, 0.05) is 0 Å². The summed E-state index contributed by atoms with van der Waals surface area (Å²) in [6, 6.07) is -0.755. The predicted molar refractivity (Wildman–Crippen MR) is 54.1 cm³/mol. The first-order chi connectivity index (χ1) is 6.76. The Hall–Kier alpha value is -0.740. The first kappa shape index (κ1) is 13.3. The highest BCUT2D eigenvalue weighted by atomic mass is 16.3. The fourth-order valence-corrected chi connectivity index (χ4v) is 1.15. The third kappa shape index (κ3) is 5.83. The molecule has 0 amide bonds. The van der Waals surface area contributed by atoms with Gasteiger partial charge < -0.3 is 20.0 Å². The van der Waals surface area contributed by atoms with Gasteiger partial charge in [0.25, 0.3) is 0 Å². The lowest BCUT2D eigenvalue weighted by atomic mass is 10.1. The molecule has 0 aliphatic heterocycles. The average molecular weight is 201 g/mol. The van der Waals surface area contributed by atoms with Crippen molar-refractivity contribution in [2.75, 3.05) is 6.54 Å². The van der Waals surface area contributed by atoms with Gasteiger partial charge in [-0.1, -0.05) is 26.2 Å². The summed E-state index contributed by atoms with van der Waals surface area (Å²) in [5.74, 6) is 0. The molecule has 14 heavy (non-hydrogen) atoms. The number of rotatable bonds is 9. The minimum atomic E-state index is -1.22. The number of aliphatic hydroxyl groups excluding tert-OH is 1. The molecule has 0 aromatic heterocycles. The minimum Gasteiger partial charge on any atom is -0.384 e. The van der Waals surface area contributed by atoms with Crippen molar-refractivity contribution >= 4 is 12.6 Å². The van der Waals surface area contributed by atoms with Crippen molar-refractivity contribution in [3.63, 3.8) is 0 Å². The van der Waals surface area contributed by atoms with Crippen LogP contribution in [0.25, 0.3) is 0 Å². The maximum atomic E-state index is 10.4. The quantitative estimate of drug-likeness (QED) is 0.415. The Balaban J connectivity index is 3.52. The van der Waals surface area contributed by atoms with Crippen molar-refractivity contribution in [3.8, 4) is 0 Å². The van der Waals surface area contributed by atoms with E-state index in [0.29, 0.717) is 19.1 Å². The van der Waals surface area contributed by atoms with Gasteiger partial charge >= 0.3 is 0 Å². The first-order valence-corrected chi connectivity index (χ1v) is 5.08. The number of unbranched alkanes of at least 4 members (excludes halogenated alkanes) is 3. The third-order valence-corrected chi connectivity index (χ3v) is 2.06. The lowest BCUT2D eigenvalue weighted by molar-refractivity contribution is -0.121. The van der Waals surface area contributed by atoms with E-state index in [1.165, 1.54) is 6.42 Å². The third-order valence-electron chi connectivity index (χ3n) is 2.06. The Bertz CT molecular complexity index is 161. The summed E-state index contributed by atoms with van der Waals surface area (Å²) in [7, 11) is 0. The summed E-state index contributed by atoms with van der Waals surface area (Å²) < 4.78 is 0. The molecule has 4 heteroatoms. The van der Waals surface area contributed by atoms with E-state index < -0.39 is 12.1 Å². The van der Waals surface area contributed by atoms with Crippen molar-refractivity contribution in [1.82, 2.24) is 5.32 Å². The fourth-order valence-electron chi connectivity index (χ4n) is 1.15. The van der Waals surface area contributed by atoms with Gasteiger partial charge in [0.15, 0.2) is 6.29 Å². The molecule has 82 valence electrons. The van der Waals surface area contributed by atoms with E-state index in [9.17, 15) is 9.59 Å². The zero-order valence-corrected chi connectivity index (χ0v) is 8.61. The van der Waals surface area contributed by atoms with Gasteiger partial charge in [-0.25, -0.2) is 0 Å². The monoisotopic (exact) mass is 201 g/mol. The Morgan fingerprint density at radius 1 is 1.21 bits per heavy atom. The largest absolute Gasteiger partial charge is 0.384 e. The van der Waals surface area contributed by atoms with E-state index in [2.05, 4.69) is 12.2 Å². The van der Waals surface area contributed by atoms with Crippen molar-refractivity contribution in [2.24, 2.45) is 0 Å². The topological polar surface area (TPSA) is 66.4 Å². The van der Waals surface area contributed by atoms with Gasteiger partial charge in [0.1, 0.15) is 12.4 Å². The lowest BCUT2D eigenvalue weighted by Gasteiger charge is -2.13. The van der Waals surface area contributed by atoms with Crippen molar-refractivity contribution in [3.05, 3.63) is 0 Å². The van der Waals surface area contributed by atoms with E-state index in [4.69, 9.17) is 5.11 Å². The number of aliphatic hydroxyl groups is 1. The second-order valence-electron chi connectivity index (χ2n) is 3.30. The molecular weight excluding hydrogens is 182 g/mol. The van der Waals surface area contributed by atoms with Gasteiger partial charge in [0.05, 0.1) is 6.04 Å². The summed E-state index contributed by atoms with van der Waals surface area (Å²) in [6.07, 6.45) is 4.11. The molecule has 0 saturated heterocycles. The summed E-state index contributed by atoms with van der Waals surface area (Å²) >= 11 is 0. The second-order valence-corrected chi connectivity index (χ2v) is 3.30. The van der Waals surface area contributed by atoms with Gasteiger partial charge in [-0.05, 0) is 13.0 Å². The zero-order valence-electron chi connectivity index (χ0n) is 8.61. The Kier molecular flexibility index (Phi) is 8.37. The number of hydrogen-bond acceptors (Lipinski definition) is 4. The Morgan fingerprint density at radius 2 is 1.93 bits per heavy atom. The van der Waals surface area contributed by atoms with Crippen LogP contribution in [0.5, 0.6) is 0 Å². The molecule has 0 rings (SSSR count). The maximum Gasteiger partial charge on any atom is 0.150 e. The lowest BCUT2D eigenvalue weighted by Crippen LogP contribution is -2.42. The summed E-state index contributed by atoms with van der Waals surface area (Å²) in [5.41, 5.74) is 0. The van der Waals surface area contributed by atoms with Crippen molar-refractivity contribution in [2.45, 2.75) is 44.8 Å². The van der Waals surface area contributed by atoms with E-state index in [-0.39, 0.29) is 0 Å². The molecule has 2 atom stereocenters. The smallest absolute Gasteiger partial charge is 0.150 e. The number of carbonyl (C=O) groups excluding carboxylic acids is 2. The molecule has 0 fully saturated rings. The van der Waals surface area contributed by atoms with Crippen LogP contribution in [0.2, 0.25) is 0 Å². The first-order valence-electron chi connectivity index (χ1n) is 5.08. The van der Waals surface area contributed by atoms with Crippen LogP contribution in [0.3, 0.4) is 0 Å².